The van der Waals surface area contributed by atoms with Crippen LogP contribution in [0.2, 0.25) is 0 Å². The Morgan fingerprint density at radius 2 is 1.61 bits per heavy atom. The fourth-order valence-electron chi connectivity index (χ4n) is 4.36. The van der Waals surface area contributed by atoms with E-state index in [2.05, 4.69) is 26.1 Å². The highest BCUT2D eigenvalue weighted by Crippen LogP contribution is 2.39. The normalized spacial score (nSPS) is 36.5. The van der Waals surface area contributed by atoms with E-state index in [4.69, 9.17) is 0 Å². The van der Waals surface area contributed by atoms with Crippen molar-refractivity contribution in [3.05, 3.63) is 0 Å². The summed E-state index contributed by atoms with van der Waals surface area (Å²) < 4.78 is 0. The van der Waals surface area contributed by atoms with E-state index in [0.29, 0.717) is 0 Å². The summed E-state index contributed by atoms with van der Waals surface area (Å²) in [6.45, 7) is 8.36. The lowest BCUT2D eigenvalue weighted by Gasteiger charge is -2.41. The molecule has 2 aliphatic rings. The van der Waals surface area contributed by atoms with Crippen LogP contribution >= 0.6 is 0 Å². The lowest BCUT2D eigenvalue weighted by atomic mass is 9.68. The minimum Gasteiger partial charge on any atom is -0.314 e. The third kappa shape index (κ3) is 3.50. The molecule has 0 radical (unpaired) electrons. The first-order valence-corrected chi connectivity index (χ1v) is 8.45. The third-order valence-corrected chi connectivity index (χ3v) is 5.74. The van der Waals surface area contributed by atoms with Crippen LogP contribution in [0.15, 0.2) is 0 Å². The maximum Gasteiger partial charge on any atom is 0.0124 e. The van der Waals surface area contributed by atoms with Gasteiger partial charge in [-0.2, -0.15) is 0 Å². The summed E-state index contributed by atoms with van der Waals surface area (Å²) in [6.07, 6.45) is 11.8. The Balaban J connectivity index is 1.95. The monoisotopic (exact) mass is 251 g/mol. The first-order chi connectivity index (χ1) is 8.72. The zero-order valence-corrected chi connectivity index (χ0v) is 12.8. The molecule has 4 atom stereocenters. The van der Waals surface area contributed by atoms with Crippen LogP contribution in [0.25, 0.3) is 0 Å². The molecule has 1 N–H and O–H groups in total. The van der Waals surface area contributed by atoms with Gasteiger partial charge >= 0.3 is 0 Å². The largest absolute Gasteiger partial charge is 0.314 e. The Morgan fingerprint density at radius 1 is 0.889 bits per heavy atom. The molecule has 0 spiro atoms. The van der Waals surface area contributed by atoms with Crippen molar-refractivity contribution in [3.63, 3.8) is 0 Å². The Bertz CT molecular complexity index is 232. The molecule has 2 aliphatic carbocycles. The molecule has 18 heavy (non-hydrogen) atoms. The molecule has 2 fully saturated rings. The minimum absolute atomic E-state index is 0.824. The molecular formula is C17H33N. The summed E-state index contributed by atoms with van der Waals surface area (Å²) in [5, 5.41) is 3.86. The van der Waals surface area contributed by atoms with Crippen LogP contribution < -0.4 is 5.32 Å². The fraction of sp³-hybridized carbons (Fsp3) is 1.00. The standard InChI is InChI=1S/C17H33N/c1-4-18-17(15-8-6-5-7-9-15)16-11-10-13(2)14(3)12-16/h13-18H,4-12H2,1-3H3. The molecule has 0 amide bonds. The highest BCUT2D eigenvalue weighted by molar-refractivity contribution is 4.88. The van der Waals surface area contributed by atoms with Crippen LogP contribution in [0.1, 0.15) is 72.1 Å². The van der Waals surface area contributed by atoms with Crippen LogP contribution in [0.5, 0.6) is 0 Å². The smallest absolute Gasteiger partial charge is 0.0124 e. The molecule has 1 nitrogen and oxygen atoms in total. The van der Waals surface area contributed by atoms with E-state index in [0.717, 1.165) is 36.3 Å². The predicted octanol–water partition coefficient (Wildman–Crippen LogP) is 4.62. The van der Waals surface area contributed by atoms with Gasteiger partial charge in [-0.1, -0.05) is 46.5 Å². The van der Waals surface area contributed by atoms with Crippen LogP contribution in [0, 0.1) is 23.7 Å². The average molecular weight is 251 g/mol. The van der Waals surface area contributed by atoms with E-state index in [-0.39, 0.29) is 0 Å². The van der Waals surface area contributed by atoms with Crippen LogP contribution in [0.3, 0.4) is 0 Å². The van der Waals surface area contributed by atoms with Gasteiger partial charge in [0.2, 0.25) is 0 Å². The summed E-state index contributed by atoms with van der Waals surface area (Å²) in [7, 11) is 0. The van der Waals surface area contributed by atoms with Crippen molar-refractivity contribution in [2.45, 2.75) is 78.2 Å². The Labute approximate surface area is 114 Å². The highest BCUT2D eigenvalue weighted by Gasteiger charge is 2.34. The zero-order valence-electron chi connectivity index (χ0n) is 12.8. The van der Waals surface area contributed by atoms with Gasteiger partial charge in [0.05, 0.1) is 0 Å². The number of nitrogens with one attached hydrogen (secondary N) is 1. The van der Waals surface area contributed by atoms with Crippen molar-refractivity contribution in [1.82, 2.24) is 5.32 Å². The Kier molecular flexibility index (Phi) is 5.54. The van der Waals surface area contributed by atoms with Crippen molar-refractivity contribution in [3.8, 4) is 0 Å². The molecule has 0 aliphatic heterocycles. The van der Waals surface area contributed by atoms with E-state index < -0.39 is 0 Å². The Hall–Kier alpha value is -0.0400. The number of rotatable bonds is 4. The van der Waals surface area contributed by atoms with Gasteiger partial charge in [-0.3, -0.25) is 0 Å². The highest BCUT2D eigenvalue weighted by atomic mass is 14.9. The lowest BCUT2D eigenvalue weighted by Crippen LogP contribution is -2.45. The maximum atomic E-state index is 3.86. The van der Waals surface area contributed by atoms with E-state index >= 15 is 0 Å². The van der Waals surface area contributed by atoms with Gasteiger partial charge in [0.25, 0.3) is 0 Å². The van der Waals surface area contributed by atoms with Crippen molar-refractivity contribution in [1.29, 1.82) is 0 Å². The number of hydrogen-bond acceptors (Lipinski definition) is 1. The van der Waals surface area contributed by atoms with Crippen molar-refractivity contribution < 1.29 is 0 Å². The molecule has 0 saturated heterocycles. The van der Waals surface area contributed by atoms with Crippen molar-refractivity contribution >= 4 is 0 Å². The second-order valence-corrected chi connectivity index (χ2v) is 7.01. The van der Waals surface area contributed by atoms with Gasteiger partial charge in [0, 0.05) is 6.04 Å². The molecule has 1 heteroatoms. The summed E-state index contributed by atoms with van der Waals surface area (Å²) >= 11 is 0. The average Bonchev–Trinajstić information content (AvgIpc) is 2.40. The first kappa shape index (κ1) is 14.4. The molecule has 0 bridgehead atoms. The summed E-state index contributed by atoms with van der Waals surface area (Å²) in [5.74, 6) is 3.83. The van der Waals surface area contributed by atoms with Crippen molar-refractivity contribution in [2.24, 2.45) is 23.7 Å². The molecule has 106 valence electrons. The Morgan fingerprint density at radius 3 is 2.22 bits per heavy atom. The second kappa shape index (κ2) is 6.93. The van der Waals surface area contributed by atoms with E-state index in [9.17, 15) is 0 Å². The topological polar surface area (TPSA) is 12.0 Å². The minimum atomic E-state index is 0.824. The quantitative estimate of drug-likeness (QED) is 0.769. The van der Waals surface area contributed by atoms with Gasteiger partial charge < -0.3 is 5.32 Å². The van der Waals surface area contributed by atoms with Crippen LogP contribution in [0.4, 0.5) is 0 Å². The first-order valence-electron chi connectivity index (χ1n) is 8.45. The molecule has 0 aromatic rings. The molecule has 0 aromatic carbocycles. The van der Waals surface area contributed by atoms with Gasteiger partial charge in [0.1, 0.15) is 0 Å². The predicted molar refractivity (Wildman–Crippen MR) is 79.7 cm³/mol. The second-order valence-electron chi connectivity index (χ2n) is 7.01. The third-order valence-electron chi connectivity index (χ3n) is 5.74. The van der Waals surface area contributed by atoms with E-state index in [1.165, 1.54) is 51.4 Å². The summed E-state index contributed by atoms with van der Waals surface area (Å²) in [6, 6.07) is 0.824. The molecular weight excluding hydrogens is 218 g/mol. The number of hydrogen-bond donors (Lipinski definition) is 1. The van der Waals surface area contributed by atoms with E-state index in [1.807, 2.05) is 0 Å². The maximum absolute atomic E-state index is 3.86. The molecule has 0 heterocycles. The SMILES string of the molecule is CCNC(C1CCCCC1)C1CCC(C)C(C)C1. The molecule has 2 saturated carbocycles. The summed E-state index contributed by atoms with van der Waals surface area (Å²) in [5.41, 5.74) is 0. The molecule has 2 rings (SSSR count). The van der Waals surface area contributed by atoms with Gasteiger partial charge in [0.15, 0.2) is 0 Å². The van der Waals surface area contributed by atoms with E-state index in [1.54, 1.807) is 0 Å². The lowest BCUT2D eigenvalue weighted by molar-refractivity contribution is 0.125. The summed E-state index contributed by atoms with van der Waals surface area (Å²) in [4.78, 5) is 0. The van der Waals surface area contributed by atoms with Crippen LogP contribution in [-0.2, 0) is 0 Å². The fourth-order valence-corrected chi connectivity index (χ4v) is 4.36. The van der Waals surface area contributed by atoms with Gasteiger partial charge in [-0.05, 0) is 55.9 Å². The van der Waals surface area contributed by atoms with Crippen LogP contribution in [-0.4, -0.2) is 12.6 Å². The van der Waals surface area contributed by atoms with Crippen molar-refractivity contribution in [2.75, 3.05) is 6.54 Å². The molecule has 4 unspecified atom stereocenters. The van der Waals surface area contributed by atoms with Gasteiger partial charge in [-0.15, -0.1) is 0 Å². The van der Waals surface area contributed by atoms with Gasteiger partial charge in [-0.25, -0.2) is 0 Å². The zero-order chi connectivity index (χ0) is 13.0. The molecule has 0 aromatic heterocycles.